The first-order valence-corrected chi connectivity index (χ1v) is 3.83. The third kappa shape index (κ3) is 1.41. The molecule has 0 radical (unpaired) electrons. The summed E-state index contributed by atoms with van der Waals surface area (Å²) < 4.78 is 1.35. The van der Waals surface area contributed by atoms with E-state index in [2.05, 4.69) is 20.5 Å². The summed E-state index contributed by atoms with van der Waals surface area (Å²) in [7, 11) is 0. The van der Waals surface area contributed by atoms with Crippen molar-refractivity contribution in [3.8, 4) is 5.69 Å². The maximum Gasteiger partial charge on any atom is 0.284 e. The maximum absolute atomic E-state index is 10.1. The van der Waals surface area contributed by atoms with Crippen molar-refractivity contribution in [2.75, 3.05) is 0 Å². The largest absolute Gasteiger partial charge is 0.284 e. The predicted molar refractivity (Wildman–Crippen MR) is 46.9 cm³/mol. The Morgan fingerprint density at radius 3 is 2.79 bits per heavy atom. The zero-order chi connectivity index (χ0) is 9.80. The lowest BCUT2D eigenvalue weighted by Gasteiger charge is -1.97. The van der Waals surface area contributed by atoms with Crippen molar-refractivity contribution < 1.29 is 4.79 Å². The number of hydrogen-bond donors (Lipinski definition) is 0. The highest BCUT2D eigenvalue weighted by molar-refractivity contribution is 5.44. The molecule has 2 rings (SSSR count). The van der Waals surface area contributed by atoms with Crippen molar-refractivity contribution in [1.29, 1.82) is 0 Å². The Hall–Kier alpha value is -2.33. The number of aromatic nitrogens is 4. The van der Waals surface area contributed by atoms with E-state index in [0.29, 0.717) is 0 Å². The Kier molecular flexibility index (Phi) is 2.12. The van der Waals surface area contributed by atoms with E-state index in [-0.39, 0.29) is 5.95 Å². The van der Waals surface area contributed by atoms with Crippen LogP contribution in [0.4, 0.5) is 5.95 Å². The Labute approximate surface area is 78.9 Å². The predicted octanol–water partition coefficient (Wildman–Crippen LogP) is 0.630. The van der Waals surface area contributed by atoms with Crippen LogP contribution in [-0.2, 0) is 4.79 Å². The minimum Gasteiger partial charge on any atom is -0.211 e. The van der Waals surface area contributed by atoms with Crippen molar-refractivity contribution >= 4 is 12.0 Å². The number of hydrogen-bond acceptors (Lipinski definition) is 5. The molecule has 0 aliphatic rings. The fourth-order valence-electron chi connectivity index (χ4n) is 1.03. The third-order valence-corrected chi connectivity index (χ3v) is 1.60. The van der Waals surface area contributed by atoms with E-state index in [0.717, 1.165) is 5.69 Å². The lowest BCUT2D eigenvalue weighted by atomic mass is 10.3. The smallest absolute Gasteiger partial charge is 0.211 e. The van der Waals surface area contributed by atoms with Gasteiger partial charge in [0.15, 0.2) is 0 Å². The number of rotatable bonds is 2. The Morgan fingerprint density at radius 2 is 2.07 bits per heavy atom. The van der Waals surface area contributed by atoms with Crippen LogP contribution >= 0.6 is 0 Å². The molecule has 6 nitrogen and oxygen atoms in total. The first kappa shape index (κ1) is 8.28. The van der Waals surface area contributed by atoms with Gasteiger partial charge in [-0.2, -0.15) is 4.68 Å². The number of aliphatic imine (C=N–C) groups is 1. The number of carbonyl (C=O) groups excluding carboxylic acids is 1. The normalized spacial score (nSPS) is 9.43. The number of tetrazole rings is 1. The van der Waals surface area contributed by atoms with Crippen LogP contribution in [0, 0.1) is 0 Å². The zero-order valence-corrected chi connectivity index (χ0v) is 7.03. The molecule has 0 saturated carbocycles. The summed E-state index contributed by atoms with van der Waals surface area (Å²) in [5.41, 5.74) is 0.742. The van der Waals surface area contributed by atoms with E-state index in [1.165, 1.54) is 10.8 Å². The quantitative estimate of drug-likeness (QED) is 0.510. The molecule has 1 aromatic heterocycles. The molecular formula is C8H5N5O. The van der Waals surface area contributed by atoms with Gasteiger partial charge in [-0.05, 0) is 22.6 Å². The molecule has 0 fully saturated rings. The molecule has 0 spiro atoms. The fourth-order valence-corrected chi connectivity index (χ4v) is 1.03. The minimum atomic E-state index is 0.117. The molecule has 0 aliphatic heterocycles. The highest BCUT2D eigenvalue weighted by Crippen LogP contribution is 2.11. The minimum absolute atomic E-state index is 0.117. The van der Waals surface area contributed by atoms with E-state index >= 15 is 0 Å². The number of para-hydroxylation sites is 1. The third-order valence-electron chi connectivity index (χ3n) is 1.60. The molecule has 14 heavy (non-hydrogen) atoms. The molecule has 68 valence electrons. The van der Waals surface area contributed by atoms with Gasteiger partial charge in [-0.3, -0.25) is 0 Å². The van der Waals surface area contributed by atoms with Gasteiger partial charge in [0, 0.05) is 0 Å². The van der Waals surface area contributed by atoms with Crippen LogP contribution in [0.3, 0.4) is 0 Å². The van der Waals surface area contributed by atoms with Crippen LogP contribution in [-0.4, -0.2) is 26.3 Å². The lowest BCUT2D eigenvalue weighted by Crippen LogP contribution is -1.95. The SMILES string of the molecule is O=C=Nc1nnnn1-c1ccccc1. The summed E-state index contributed by atoms with van der Waals surface area (Å²) in [5.74, 6) is 0.117. The molecule has 0 N–H and O–H groups in total. The van der Waals surface area contributed by atoms with Gasteiger partial charge in [0.25, 0.3) is 5.95 Å². The molecule has 6 heteroatoms. The number of isocyanates is 1. The maximum atomic E-state index is 10.1. The van der Waals surface area contributed by atoms with Crippen LogP contribution in [0.25, 0.3) is 5.69 Å². The van der Waals surface area contributed by atoms with Crippen LogP contribution in [0.5, 0.6) is 0 Å². The average Bonchev–Trinajstić information content (AvgIpc) is 2.68. The molecular weight excluding hydrogens is 182 g/mol. The molecule has 0 unspecified atom stereocenters. The Bertz CT molecular complexity index is 471. The van der Waals surface area contributed by atoms with Crippen LogP contribution in [0.15, 0.2) is 35.3 Å². The summed E-state index contributed by atoms with van der Waals surface area (Å²) in [6, 6.07) is 9.16. The topological polar surface area (TPSA) is 73.0 Å². The fraction of sp³-hybridized carbons (Fsp3) is 0. The molecule has 2 aromatic rings. The van der Waals surface area contributed by atoms with Gasteiger partial charge in [0.05, 0.1) is 5.69 Å². The number of nitrogens with zero attached hydrogens (tertiary/aromatic N) is 5. The second-order valence-corrected chi connectivity index (χ2v) is 2.43. The summed E-state index contributed by atoms with van der Waals surface area (Å²) in [6.45, 7) is 0. The lowest BCUT2D eigenvalue weighted by molar-refractivity contribution is 0.565. The van der Waals surface area contributed by atoms with E-state index in [1.54, 1.807) is 12.1 Å². The standard InChI is InChI=1S/C8H5N5O/c14-6-9-8-10-11-12-13(8)7-4-2-1-3-5-7/h1-5H. The molecule has 1 heterocycles. The van der Waals surface area contributed by atoms with Gasteiger partial charge in [0.1, 0.15) is 0 Å². The highest BCUT2D eigenvalue weighted by Gasteiger charge is 2.05. The van der Waals surface area contributed by atoms with E-state index in [4.69, 9.17) is 0 Å². The highest BCUT2D eigenvalue weighted by atomic mass is 16.1. The molecule has 0 atom stereocenters. The summed E-state index contributed by atoms with van der Waals surface area (Å²) in [5, 5.41) is 10.7. The molecule has 1 aromatic carbocycles. The van der Waals surface area contributed by atoms with Gasteiger partial charge in [-0.15, -0.1) is 4.99 Å². The van der Waals surface area contributed by atoms with Gasteiger partial charge >= 0.3 is 0 Å². The van der Waals surface area contributed by atoms with Crippen LogP contribution in [0.1, 0.15) is 0 Å². The van der Waals surface area contributed by atoms with Crippen molar-refractivity contribution in [3.05, 3.63) is 30.3 Å². The number of benzene rings is 1. The first-order valence-electron chi connectivity index (χ1n) is 3.83. The van der Waals surface area contributed by atoms with Crippen LogP contribution < -0.4 is 0 Å². The van der Waals surface area contributed by atoms with E-state index < -0.39 is 0 Å². The molecule has 0 amide bonds. The van der Waals surface area contributed by atoms with Gasteiger partial charge in [0.2, 0.25) is 6.08 Å². The van der Waals surface area contributed by atoms with Gasteiger partial charge < -0.3 is 0 Å². The first-order chi connectivity index (χ1) is 6.92. The Balaban J connectivity index is 2.52. The Morgan fingerprint density at radius 1 is 1.29 bits per heavy atom. The molecule has 0 saturated heterocycles. The average molecular weight is 187 g/mol. The molecule has 0 aliphatic carbocycles. The summed E-state index contributed by atoms with van der Waals surface area (Å²) in [4.78, 5) is 13.4. The monoisotopic (exact) mass is 187 g/mol. The van der Waals surface area contributed by atoms with Crippen LogP contribution in [0.2, 0.25) is 0 Å². The van der Waals surface area contributed by atoms with Crippen molar-refractivity contribution in [2.24, 2.45) is 4.99 Å². The van der Waals surface area contributed by atoms with E-state index in [1.807, 2.05) is 18.2 Å². The van der Waals surface area contributed by atoms with Gasteiger partial charge in [-0.1, -0.05) is 23.3 Å². The van der Waals surface area contributed by atoms with E-state index in [9.17, 15) is 4.79 Å². The zero-order valence-electron chi connectivity index (χ0n) is 7.03. The van der Waals surface area contributed by atoms with Gasteiger partial charge in [-0.25, -0.2) is 4.79 Å². The summed E-state index contributed by atoms with van der Waals surface area (Å²) in [6.07, 6.45) is 1.39. The second kappa shape index (κ2) is 3.59. The van der Waals surface area contributed by atoms with Crippen molar-refractivity contribution in [3.63, 3.8) is 0 Å². The van der Waals surface area contributed by atoms with Crippen molar-refractivity contribution in [1.82, 2.24) is 20.2 Å². The molecule has 0 bridgehead atoms. The second-order valence-electron chi connectivity index (χ2n) is 2.43. The van der Waals surface area contributed by atoms with Crippen molar-refractivity contribution in [2.45, 2.75) is 0 Å². The summed E-state index contributed by atoms with van der Waals surface area (Å²) >= 11 is 0.